The Kier molecular flexibility index (Phi) is 3.46. The number of hydrogen-bond acceptors (Lipinski definition) is 4. The molecule has 0 saturated heterocycles. The number of ether oxygens (including phenoxy) is 1. The average Bonchev–Trinajstić information content (AvgIpc) is 2.87. The van der Waals surface area contributed by atoms with Crippen molar-refractivity contribution in [3.63, 3.8) is 0 Å². The van der Waals surface area contributed by atoms with Crippen LogP contribution in [0.2, 0.25) is 0 Å². The molecule has 88 valence electrons. The van der Waals surface area contributed by atoms with Gasteiger partial charge >= 0.3 is 0 Å². The SMILES string of the molecule is COc1ccsc1C(=O)NC1CCCC1N. The molecular formula is C11H16N2O2S. The summed E-state index contributed by atoms with van der Waals surface area (Å²) in [6.07, 6.45) is 3.06. The minimum Gasteiger partial charge on any atom is -0.495 e. The quantitative estimate of drug-likeness (QED) is 0.838. The van der Waals surface area contributed by atoms with Crippen molar-refractivity contribution in [2.24, 2.45) is 5.73 Å². The number of methoxy groups -OCH3 is 1. The van der Waals surface area contributed by atoms with Gasteiger partial charge in [0.25, 0.3) is 5.91 Å². The molecule has 5 heteroatoms. The van der Waals surface area contributed by atoms with Crippen LogP contribution in [-0.2, 0) is 0 Å². The molecular weight excluding hydrogens is 224 g/mol. The van der Waals surface area contributed by atoms with Crippen molar-refractivity contribution in [2.45, 2.75) is 31.3 Å². The van der Waals surface area contributed by atoms with Gasteiger partial charge in [0.2, 0.25) is 0 Å². The van der Waals surface area contributed by atoms with E-state index in [4.69, 9.17) is 10.5 Å². The van der Waals surface area contributed by atoms with Crippen molar-refractivity contribution in [1.82, 2.24) is 5.32 Å². The highest BCUT2D eigenvalue weighted by Crippen LogP contribution is 2.25. The van der Waals surface area contributed by atoms with Gasteiger partial charge in [-0.15, -0.1) is 11.3 Å². The van der Waals surface area contributed by atoms with Crippen molar-refractivity contribution in [2.75, 3.05) is 7.11 Å². The Hall–Kier alpha value is -1.07. The summed E-state index contributed by atoms with van der Waals surface area (Å²) < 4.78 is 5.12. The average molecular weight is 240 g/mol. The van der Waals surface area contributed by atoms with Gasteiger partial charge < -0.3 is 15.8 Å². The summed E-state index contributed by atoms with van der Waals surface area (Å²) in [5.74, 6) is 0.559. The molecule has 1 amide bonds. The smallest absolute Gasteiger partial charge is 0.265 e. The summed E-state index contributed by atoms with van der Waals surface area (Å²) >= 11 is 1.39. The van der Waals surface area contributed by atoms with Crippen molar-refractivity contribution in [3.05, 3.63) is 16.3 Å². The van der Waals surface area contributed by atoms with E-state index in [1.807, 2.05) is 5.38 Å². The number of amides is 1. The molecule has 1 aromatic rings. The Labute approximate surface area is 98.8 Å². The highest BCUT2D eigenvalue weighted by molar-refractivity contribution is 7.12. The third kappa shape index (κ3) is 2.20. The molecule has 16 heavy (non-hydrogen) atoms. The van der Waals surface area contributed by atoms with Gasteiger partial charge in [-0.25, -0.2) is 0 Å². The Morgan fingerprint density at radius 3 is 3.06 bits per heavy atom. The van der Waals surface area contributed by atoms with Crippen LogP contribution in [0.1, 0.15) is 28.9 Å². The molecule has 2 rings (SSSR count). The first kappa shape index (κ1) is 11.4. The van der Waals surface area contributed by atoms with Gasteiger partial charge in [0.1, 0.15) is 10.6 Å². The van der Waals surface area contributed by atoms with Crippen LogP contribution < -0.4 is 15.8 Å². The van der Waals surface area contributed by atoms with Crippen LogP contribution >= 0.6 is 11.3 Å². The van der Waals surface area contributed by atoms with Crippen LogP contribution in [0.3, 0.4) is 0 Å². The molecule has 1 aliphatic rings. The van der Waals surface area contributed by atoms with Gasteiger partial charge in [-0.2, -0.15) is 0 Å². The first-order valence-corrected chi connectivity index (χ1v) is 6.28. The summed E-state index contributed by atoms with van der Waals surface area (Å²) in [4.78, 5) is 12.6. The van der Waals surface area contributed by atoms with E-state index in [0.29, 0.717) is 10.6 Å². The van der Waals surface area contributed by atoms with Crippen LogP contribution in [0, 0.1) is 0 Å². The number of thiophene rings is 1. The topological polar surface area (TPSA) is 64.3 Å². The van der Waals surface area contributed by atoms with Crippen LogP contribution in [0.25, 0.3) is 0 Å². The Morgan fingerprint density at radius 2 is 2.44 bits per heavy atom. The monoisotopic (exact) mass is 240 g/mol. The molecule has 1 aromatic heterocycles. The lowest BCUT2D eigenvalue weighted by Gasteiger charge is -2.16. The highest BCUT2D eigenvalue weighted by atomic mass is 32.1. The molecule has 0 bridgehead atoms. The van der Waals surface area contributed by atoms with Gasteiger partial charge in [-0.1, -0.05) is 0 Å². The minimum absolute atomic E-state index is 0.0748. The number of rotatable bonds is 3. The van der Waals surface area contributed by atoms with Crippen LogP contribution in [-0.4, -0.2) is 25.1 Å². The molecule has 4 nitrogen and oxygen atoms in total. The fourth-order valence-corrected chi connectivity index (χ4v) is 2.79. The van der Waals surface area contributed by atoms with Crippen LogP contribution in [0.4, 0.5) is 0 Å². The second kappa shape index (κ2) is 4.84. The summed E-state index contributed by atoms with van der Waals surface area (Å²) in [6.45, 7) is 0. The third-order valence-electron chi connectivity index (χ3n) is 2.94. The van der Waals surface area contributed by atoms with E-state index in [1.165, 1.54) is 11.3 Å². The molecule has 1 heterocycles. The molecule has 0 aliphatic heterocycles. The second-order valence-electron chi connectivity index (χ2n) is 3.99. The van der Waals surface area contributed by atoms with E-state index in [-0.39, 0.29) is 18.0 Å². The zero-order valence-corrected chi connectivity index (χ0v) is 10.0. The predicted molar refractivity (Wildman–Crippen MR) is 64.0 cm³/mol. The fourth-order valence-electron chi connectivity index (χ4n) is 2.03. The number of carbonyl (C=O) groups is 1. The lowest BCUT2D eigenvalue weighted by atomic mass is 10.2. The molecule has 2 atom stereocenters. The van der Waals surface area contributed by atoms with Crippen molar-refractivity contribution in [3.8, 4) is 5.75 Å². The number of nitrogens with two attached hydrogens (primary N) is 1. The maximum atomic E-state index is 12.0. The maximum Gasteiger partial charge on any atom is 0.265 e. The molecule has 0 aromatic carbocycles. The fraction of sp³-hybridized carbons (Fsp3) is 0.545. The first-order valence-electron chi connectivity index (χ1n) is 5.40. The van der Waals surface area contributed by atoms with Crippen molar-refractivity contribution >= 4 is 17.2 Å². The summed E-state index contributed by atoms with van der Waals surface area (Å²) in [7, 11) is 1.57. The second-order valence-corrected chi connectivity index (χ2v) is 4.91. The molecule has 1 aliphatic carbocycles. The van der Waals surface area contributed by atoms with E-state index in [1.54, 1.807) is 13.2 Å². The van der Waals surface area contributed by atoms with Gasteiger partial charge in [-0.05, 0) is 30.7 Å². The Bertz CT molecular complexity index is 378. The van der Waals surface area contributed by atoms with E-state index in [9.17, 15) is 4.79 Å². The van der Waals surface area contributed by atoms with E-state index < -0.39 is 0 Å². The zero-order valence-electron chi connectivity index (χ0n) is 9.23. The van der Waals surface area contributed by atoms with Crippen LogP contribution in [0.15, 0.2) is 11.4 Å². The number of carbonyl (C=O) groups excluding carboxylic acids is 1. The first-order chi connectivity index (χ1) is 7.72. The number of hydrogen-bond donors (Lipinski definition) is 2. The third-order valence-corrected chi connectivity index (χ3v) is 3.84. The minimum atomic E-state index is -0.0748. The zero-order chi connectivity index (χ0) is 11.5. The lowest BCUT2D eigenvalue weighted by molar-refractivity contribution is 0.0936. The van der Waals surface area contributed by atoms with Gasteiger partial charge in [-0.3, -0.25) is 4.79 Å². The lowest BCUT2D eigenvalue weighted by Crippen LogP contribution is -2.43. The number of nitrogens with one attached hydrogen (secondary N) is 1. The van der Waals surface area contributed by atoms with Crippen LogP contribution in [0.5, 0.6) is 5.75 Å². The normalized spacial score (nSPS) is 24.4. The van der Waals surface area contributed by atoms with Gasteiger partial charge in [0.15, 0.2) is 0 Å². The van der Waals surface area contributed by atoms with Gasteiger partial charge in [0, 0.05) is 12.1 Å². The van der Waals surface area contributed by atoms with E-state index >= 15 is 0 Å². The Balaban J connectivity index is 2.02. The highest BCUT2D eigenvalue weighted by Gasteiger charge is 2.26. The molecule has 3 N–H and O–H groups in total. The molecule has 1 saturated carbocycles. The van der Waals surface area contributed by atoms with E-state index in [0.717, 1.165) is 19.3 Å². The molecule has 2 unspecified atom stereocenters. The molecule has 0 radical (unpaired) electrons. The van der Waals surface area contributed by atoms with Crippen molar-refractivity contribution < 1.29 is 9.53 Å². The van der Waals surface area contributed by atoms with Crippen molar-refractivity contribution in [1.29, 1.82) is 0 Å². The standard InChI is InChI=1S/C11H16N2O2S/c1-15-9-5-6-16-10(9)11(14)13-8-4-2-3-7(8)12/h5-8H,2-4,12H2,1H3,(H,13,14). The van der Waals surface area contributed by atoms with Gasteiger partial charge in [0.05, 0.1) is 7.11 Å². The molecule has 1 fully saturated rings. The predicted octanol–water partition coefficient (Wildman–Crippen LogP) is 1.37. The van der Waals surface area contributed by atoms with E-state index in [2.05, 4.69) is 5.32 Å². The summed E-state index contributed by atoms with van der Waals surface area (Å²) in [5, 5.41) is 4.82. The molecule has 0 spiro atoms. The maximum absolute atomic E-state index is 12.0. The summed E-state index contributed by atoms with van der Waals surface area (Å²) in [6, 6.07) is 2.00. The Morgan fingerprint density at radius 1 is 1.62 bits per heavy atom. The largest absolute Gasteiger partial charge is 0.495 e. The summed E-state index contributed by atoms with van der Waals surface area (Å²) in [5.41, 5.74) is 5.91.